The first-order valence-corrected chi connectivity index (χ1v) is 15.5. The molecule has 248 valence electrons. The van der Waals surface area contributed by atoms with Crippen molar-refractivity contribution in [3.63, 3.8) is 0 Å². The first-order chi connectivity index (χ1) is 21.9. The summed E-state index contributed by atoms with van der Waals surface area (Å²) in [5.41, 5.74) is 11.4. The molecule has 1 aliphatic rings. The van der Waals surface area contributed by atoms with E-state index in [2.05, 4.69) is 16.0 Å². The highest BCUT2D eigenvalue weighted by molar-refractivity contribution is 6.27. The molecule has 0 aliphatic carbocycles. The third kappa shape index (κ3) is 10.4. The van der Waals surface area contributed by atoms with Crippen molar-refractivity contribution in [3.05, 3.63) is 48.0 Å². The minimum atomic E-state index is -1.23. The molecule has 1 aliphatic heterocycles. The van der Waals surface area contributed by atoms with Crippen LogP contribution in [0.5, 0.6) is 0 Å². The van der Waals surface area contributed by atoms with E-state index >= 15 is 0 Å². The van der Waals surface area contributed by atoms with Gasteiger partial charge in [-0.2, -0.15) is 0 Å². The molecule has 1 heterocycles. The van der Waals surface area contributed by atoms with Gasteiger partial charge in [0.2, 0.25) is 35.4 Å². The van der Waals surface area contributed by atoms with Gasteiger partial charge in [0.15, 0.2) is 0 Å². The lowest BCUT2D eigenvalue weighted by molar-refractivity contribution is -0.146. The molecular formula is C31H39ClN6O8. The Kier molecular flexibility index (Phi) is 13.3. The summed E-state index contributed by atoms with van der Waals surface area (Å²) in [6, 6.07) is 8.40. The molecule has 15 heteroatoms. The summed E-state index contributed by atoms with van der Waals surface area (Å²) in [6.45, 7) is 0.162. The van der Waals surface area contributed by atoms with Crippen LogP contribution in [0.3, 0.4) is 0 Å². The van der Waals surface area contributed by atoms with Gasteiger partial charge in [-0.1, -0.05) is 42.5 Å². The number of hydrogen-bond acceptors (Lipinski definition) is 7. The second-order valence-electron chi connectivity index (χ2n) is 11.1. The average Bonchev–Trinajstić information content (AvgIpc) is 3.03. The quantitative estimate of drug-likeness (QED) is 0.135. The first kappa shape index (κ1) is 35.8. The molecule has 2 aromatic rings. The van der Waals surface area contributed by atoms with E-state index in [4.69, 9.17) is 28.2 Å². The maximum Gasteiger partial charge on any atom is 0.303 e. The Hall–Kier alpha value is -4.72. The van der Waals surface area contributed by atoms with Gasteiger partial charge < -0.3 is 37.4 Å². The highest BCUT2D eigenvalue weighted by Gasteiger charge is 2.38. The molecule has 1 saturated heterocycles. The molecule has 46 heavy (non-hydrogen) atoms. The van der Waals surface area contributed by atoms with Gasteiger partial charge >= 0.3 is 5.97 Å². The van der Waals surface area contributed by atoms with Gasteiger partial charge in [-0.15, -0.1) is 11.6 Å². The molecule has 6 amide bonds. The van der Waals surface area contributed by atoms with Crippen LogP contribution in [0.2, 0.25) is 0 Å². The van der Waals surface area contributed by atoms with Gasteiger partial charge in [0.1, 0.15) is 30.0 Å². The molecule has 0 aromatic heterocycles. The molecule has 2 aromatic carbocycles. The number of alkyl halides is 1. The summed E-state index contributed by atoms with van der Waals surface area (Å²) >= 11 is 5.60. The second kappa shape index (κ2) is 17.1. The first-order valence-electron chi connectivity index (χ1n) is 14.9. The van der Waals surface area contributed by atoms with E-state index in [0.29, 0.717) is 18.4 Å². The largest absolute Gasteiger partial charge is 0.481 e. The summed E-state index contributed by atoms with van der Waals surface area (Å²) in [5.74, 6) is -5.89. The zero-order valence-electron chi connectivity index (χ0n) is 25.2. The summed E-state index contributed by atoms with van der Waals surface area (Å²) in [4.78, 5) is 88.8. The van der Waals surface area contributed by atoms with Gasteiger partial charge in [-0.25, -0.2) is 0 Å². The number of primary amides is 2. The fourth-order valence-electron chi connectivity index (χ4n) is 5.35. The van der Waals surface area contributed by atoms with Crippen LogP contribution in [0.1, 0.15) is 50.5 Å². The summed E-state index contributed by atoms with van der Waals surface area (Å²) in [7, 11) is 0. The summed E-state index contributed by atoms with van der Waals surface area (Å²) in [5, 5.41) is 18.7. The lowest BCUT2D eigenvalue weighted by Crippen LogP contribution is -2.60. The Labute approximate surface area is 270 Å². The zero-order chi connectivity index (χ0) is 33.8. The van der Waals surface area contributed by atoms with E-state index < -0.39 is 77.9 Å². The zero-order valence-corrected chi connectivity index (χ0v) is 26.0. The molecule has 4 atom stereocenters. The maximum atomic E-state index is 13.8. The number of nitrogens with two attached hydrogens (primary N) is 2. The van der Waals surface area contributed by atoms with Crippen molar-refractivity contribution in [2.45, 2.75) is 75.5 Å². The van der Waals surface area contributed by atoms with Gasteiger partial charge in [0, 0.05) is 25.8 Å². The van der Waals surface area contributed by atoms with Crippen LogP contribution in [0.15, 0.2) is 42.5 Å². The Balaban J connectivity index is 1.88. The van der Waals surface area contributed by atoms with Crippen molar-refractivity contribution in [2.24, 2.45) is 11.5 Å². The number of carbonyl (C=O) groups is 7. The number of aliphatic carboxylic acids is 1. The fraction of sp³-hybridized carbons (Fsp3) is 0.452. The maximum absolute atomic E-state index is 13.8. The molecule has 0 bridgehead atoms. The molecule has 0 saturated carbocycles. The number of hydrogen-bond donors (Lipinski definition) is 6. The number of rotatable bonds is 16. The van der Waals surface area contributed by atoms with Crippen LogP contribution < -0.4 is 27.4 Å². The molecule has 0 unspecified atom stereocenters. The Morgan fingerprint density at radius 2 is 1.57 bits per heavy atom. The molecule has 1 fully saturated rings. The van der Waals surface area contributed by atoms with Crippen LogP contribution in [-0.4, -0.2) is 88.0 Å². The van der Waals surface area contributed by atoms with Crippen molar-refractivity contribution >= 4 is 63.8 Å². The SMILES string of the molecule is NC(=O)CC[C@H](NC(=O)[C@H](Cc1ccc2ccccc2c1)NC(=O)[C@@H]1CCCCN1C(=O)[C@@H](CCC(=O)O)NC(=O)CCl)C(N)=O. The molecule has 14 nitrogen and oxygen atoms in total. The molecular weight excluding hydrogens is 620 g/mol. The molecule has 0 spiro atoms. The van der Waals surface area contributed by atoms with Crippen molar-refractivity contribution < 1.29 is 38.7 Å². The topological polar surface area (TPSA) is 231 Å². The number of likely N-dealkylation sites (tertiary alicyclic amines) is 1. The third-order valence-corrected chi connectivity index (χ3v) is 7.96. The fourth-order valence-corrected chi connectivity index (χ4v) is 5.43. The Morgan fingerprint density at radius 3 is 2.22 bits per heavy atom. The Bertz CT molecular complexity index is 1470. The van der Waals surface area contributed by atoms with Gasteiger partial charge in [-0.05, 0) is 48.4 Å². The lowest BCUT2D eigenvalue weighted by atomic mass is 9.97. The van der Waals surface area contributed by atoms with Crippen LogP contribution in [0.4, 0.5) is 0 Å². The van der Waals surface area contributed by atoms with E-state index in [1.54, 1.807) is 6.07 Å². The predicted molar refractivity (Wildman–Crippen MR) is 168 cm³/mol. The van der Waals surface area contributed by atoms with E-state index in [9.17, 15) is 33.6 Å². The Morgan fingerprint density at radius 1 is 0.870 bits per heavy atom. The monoisotopic (exact) mass is 658 g/mol. The van der Waals surface area contributed by atoms with Crippen molar-refractivity contribution in [2.75, 3.05) is 12.4 Å². The van der Waals surface area contributed by atoms with Crippen molar-refractivity contribution in [1.29, 1.82) is 0 Å². The number of nitrogens with zero attached hydrogens (tertiary/aromatic N) is 1. The molecule has 8 N–H and O–H groups in total. The minimum Gasteiger partial charge on any atom is -0.481 e. The molecule has 3 rings (SSSR count). The normalized spacial score (nSPS) is 16.5. The average molecular weight is 659 g/mol. The summed E-state index contributed by atoms with van der Waals surface area (Å²) in [6.07, 6.45) is 0.446. The number of halogens is 1. The number of carboxylic acid groups (broad SMARTS) is 1. The van der Waals surface area contributed by atoms with Crippen LogP contribution >= 0.6 is 11.6 Å². The number of carbonyl (C=O) groups excluding carboxylic acids is 6. The second-order valence-corrected chi connectivity index (χ2v) is 11.4. The van der Waals surface area contributed by atoms with Crippen molar-refractivity contribution in [3.8, 4) is 0 Å². The van der Waals surface area contributed by atoms with Crippen LogP contribution in [0, 0.1) is 0 Å². The highest BCUT2D eigenvalue weighted by atomic mass is 35.5. The van der Waals surface area contributed by atoms with E-state index in [-0.39, 0.29) is 38.6 Å². The van der Waals surface area contributed by atoms with E-state index in [1.165, 1.54) is 4.90 Å². The van der Waals surface area contributed by atoms with Crippen LogP contribution in [-0.2, 0) is 40.0 Å². The number of nitrogens with one attached hydrogen (secondary N) is 3. The van der Waals surface area contributed by atoms with Gasteiger partial charge in [0.25, 0.3) is 0 Å². The highest BCUT2D eigenvalue weighted by Crippen LogP contribution is 2.21. The van der Waals surface area contributed by atoms with Crippen LogP contribution in [0.25, 0.3) is 10.8 Å². The van der Waals surface area contributed by atoms with Gasteiger partial charge in [-0.3, -0.25) is 33.6 Å². The minimum absolute atomic E-state index is 0.0113. The van der Waals surface area contributed by atoms with Gasteiger partial charge in [0.05, 0.1) is 0 Å². The number of piperidine rings is 1. The predicted octanol–water partition coefficient (Wildman–Crippen LogP) is 0.0722. The smallest absolute Gasteiger partial charge is 0.303 e. The lowest BCUT2D eigenvalue weighted by Gasteiger charge is -2.37. The number of benzene rings is 2. The number of carboxylic acids is 1. The van der Waals surface area contributed by atoms with Crippen molar-refractivity contribution in [1.82, 2.24) is 20.9 Å². The summed E-state index contributed by atoms with van der Waals surface area (Å²) < 4.78 is 0. The van der Waals surface area contributed by atoms with E-state index in [0.717, 1.165) is 10.8 Å². The number of fused-ring (bicyclic) bond motifs is 1. The standard InChI is InChI=1S/C31H39ClN6O8/c32-17-26(40)35-22(11-13-27(41)42)31(46)38-14-4-3-7-24(38)30(45)37-23(29(44)36-21(28(34)43)10-12-25(33)39)16-18-8-9-19-5-1-2-6-20(19)15-18/h1-2,5-6,8-9,15,21-24H,3-4,7,10-14,16-17H2,(H2,33,39)(H2,34,43)(H,35,40)(H,36,44)(H,37,45)(H,41,42)/t21-,22+,23-,24-/m0/s1. The van der Waals surface area contributed by atoms with E-state index in [1.807, 2.05) is 36.4 Å². The number of amides is 6. The third-order valence-electron chi connectivity index (χ3n) is 7.72. The molecule has 0 radical (unpaired) electrons.